The van der Waals surface area contributed by atoms with Crippen LogP contribution in [0.15, 0.2) is 144 Å². The molecule has 3 heterocycles. The number of pyridine rings is 2. The van der Waals surface area contributed by atoms with Gasteiger partial charge in [0, 0.05) is 37.9 Å². The minimum Gasteiger partial charge on any atom is -0.501 e. The summed E-state index contributed by atoms with van der Waals surface area (Å²) in [5, 5.41) is 3.60. The van der Waals surface area contributed by atoms with Crippen LogP contribution in [0, 0.1) is 24.5 Å². The number of aromatic nitrogens is 2. The van der Waals surface area contributed by atoms with E-state index in [0.29, 0.717) is 0 Å². The van der Waals surface area contributed by atoms with Gasteiger partial charge in [0.25, 0.3) is 0 Å². The number of aryl methyl sites for hydroxylation is 1. The summed E-state index contributed by atoms with van der Waals surface area (Å²) < 4.78 is 6.40. The molecule has 0 bridgehead atoms. The third-order valence-corrected chi connectivity index (χ3v) is 11.6. The normalized spacial score (nSPS) is 11.5. The standard InChI is InChI=1S/C29H26NO.C20H20NSi.Ir/c1-19-18-30-26(15-22(19)17-29(2,3)4)25-12-8-11-24-23-14-13-21(16-27(23)31-28(24)25)20-9-6-5-7-10-20;1-22(2,3)19-13-14-20(21-15-19)18-11-9-17(10-12-18)16-7-5-4-6-8-16;/h5-11,13-16,18H,17H2,1-4H3;4-11,13-15H,1-3H3;/q2*-1;. The maximum atomic E-state index is 6.40. The van der Waals surface area contributed by atoms with Gasteiger partial charge in [0.05, 0.1) is 13.7 Å². The Bertz CT molecular complexity index is 2480. The molecular formula is C49H46IrN2OSi-2. The molecule has 0 spiro atoms. The number of hydrogen-bond donors (Lipinski definition) is 0. The molecule has 0 amide bonds. The summed E-state index contributed by atoms with van der Waals surface area (Å²) in [4.78, 5) is 9.35. The molecule has 3 aromatic heterocycles. The van der Waals surface area contributed by atoms with Crippen molar-refractivity contribution in [2.75, 3.05) is 0 Å². The van der Waals surface area contributed by atoms with E-state index in [9.17, 15) is 0 Å². The van der Waals surface area contributed by atoms with E-state index in [4.69, 9.17) is 9.40 Å². The van der Waals surface area contributed by atoms with Crippen LogP contribution in [-0.4, -0.2) is 18.0 Å². The van der Waals surface area contributed by atoms with Gasteiger partial charge < -0.3 is 14.4 Å². The fourth-order valence-corrected chi connectivity index (χ4v) is 7.63. The number of benzene rings is 5. The SMILES string of the molecule is C[Si](C)(C)c1ccc(-c2[c-]cc(-c3ccccc3)cc2)nc1.Cc1cnc(-c2[c-]ccc3c2oc2cc(-c4ccccc4)ccc23)cc1CC(C)(C)C.[Ir]. The van der Waals surface area contributed by atoms with Crippen LogP contribution in [0.25, 0.3) is 66.7 Å². The largest absolute Gasteiger partial charge is 0.501 e. The zero-order chi connectivity index (χ0) is 37.2. The Labute approximate surface area is 334 Å². The van der Waals surface area contributed by atoms with Gasteiger partial charge in [-0.15, -0.1) is 48.0 Å². The smallest absolute Gasteiger partial charge is 0.121 e. The van der Waals surface area contributed by atoms with Gasteiger partial charge in [0.1, 0.15) is 5.58 Å². The molecular weight excluding hydrogens is 853 g/mol. The number of fused-ring (bicyclic) bond motifs is 3. The second-order valence-electron chi connectivity index (χ2n) is 16.0. The van der Waals surface area contributed by atoms with Crippen LogP contribution < -0.4 is 5.19 Å². The molecule has 0 aliphatic carbocycles. The molecule has 54 heavy (non-hydrogen) atoms. The van der Waals surface area contributed by atoms with Crippen LogP contribution in [0.2, 0.25) is 19.6 Å². The van der Waals surface area contributed by atoms with Gasteiger partial charge in [-0.05, 0) is 58.1 Å². The van der Waals surface area contributed by atoms with Crippen molar-refractivity contribution in [3.05, 3.63) is 163 Å². The van der Waals surface area contributed by atoms with Crippen molar-refractivity contribution >= 4 is 35.2 Å². The first-order valence-corrected chi connectivity index (χ1v) is 21.9. The van der Waals surface area contributed by atoms with E-state index in [1.54, 1.807) is 0 Å². The van der Waals surface area contributed by atoms with Gasteiger partial charge >= 0.3 is 0 Å². The molecule has 273 valence electrons. The zero-order valence-corrected chi connectivity index (χ0v) is 35.5. The summed E-state index contributed by atoms with van der Waals surface area (Å²) in [6.07, 6.45) is 5.00. The molecule has 5 aromatic carbocycles. The number of nitrogens with zero attached hydrogens (tertiary/aromatic N) is 2. The van der Waals surface area contributed by atoms with E-state index in [0.717, 1.165) is 56.4 Å². The van der Waals surface area contributed by atoms with Crippen molar-refractivity contribution in [3.8, 4) is 44.8 Å². The van der Waals surface area contributed by atoms with Crippen molar-refractivity contribution in [1.82, 2.24) is 9.97 Å². The Kier molecular flexibility index (Phi) is 11.6. The number of furan rings is 1. The average Bonchev–Trinajstić information content (AvgIpc) is 3.54. The average molecular weight is 899 g/mol. The summed E-state index contributed by atoms with van der Waals surface area (Å²) in [7, 11) is -1.28. The molecule has 0 aliphatic heterocycles. The molecule has 0 N–H and O–H groups in total. The van der Waals surface area contributed by atoms with Gasteiger partial charge in [-0.25, -0.2) is 0 Å². The van der Waals surface area contributed by atoms with E-state index < -0.39 is 8.07 Å². The molecule has 0 saturated carbocycles. The zero-order valence-electron chi connectivity index (χ0n) is 32.1. The topological polar surface area (TPSA) is 38.9 Å². The predicted molar refractivity (Wildman–Crippen MR) is 226 cm³/mol. The van der Waals surface area contributed by atoms with Crippen LogP contribution in [0.1, 0.15) is 31.9 Å². The molecule has 8 rings (SSSR count). The molecule has 8 aromatic rings. The fraction of sp³-hybridized carbons (Fsp3) is 0.184. The minimum absolute atomic E-state index is 0. The quantitative estimate of drug-likeness (QED) is 0.123. The summed E-state index contributed by atoms with van der Waals surface area (Å²) in [5.74, 6) is 0. The van der Waals surface area contributed by atoms with E-state index in [1.165, 1.54) is 33.0 Å². The van der Waals surface area contributed by atoms with Gasteiger partial charge in [-0.3, -0.25) is 0 Å². The van der Waals surface area contributed by atoms with Crippen LogP contribution in [0.5, 0.6) is 0 Å². The van der Waals surface area contributed by atoms with Crippen LogP contribution in [-0.2, 0) is 26.5 Å². The van der Waals surface area contributed by atoms with Crippen molar-refractivity contribution < 1.29 is 24.5 Å². The first-order chi connectivity index (χ1) is 25.4. The Balaban J connectivity index is 0.000000191. The summed E-state index contributed by atoms with van der Waals surface area (Å²) in [6, 6.07) is 50.8. The Morgan fingerprint density at radius 1 is 0.648 bits per heavy atom. The molecule has 3 nitrogen and oxygen atoms in total. The van der Waals surface area contributed by atoms with Crippen LogP contribution >= 0.6 is 0 Å². The van der Waals surface area contributed by atoms with Gasteiger partial charge in [-0.1, -0.05) is 159 Å². The van der Waals surface area contributed by atoms with E-state index in [2.05, 4.69) is 168 Å². The molecule has 0 atom stereocenters. The maximum Gasteiger partial charge on any atom is 0.121 e. The van der Waals surface area contributed by atoms with Crippen LogP contribution in [0.4, 0.5) is 0 Å². The molecule has 0 unspecified atom stereocenters. The maximum absolute atomic E-state index is 6.40. The fourth-order valence-electron chi connectivity index (χ4n) is 6.60. The van der Waals surface area contributed by atoms with Crippen LogP contribution in [0.3, 0.4) is 0 Å². The van der Waals surface area contributed by atoms with E-state index >= 15 is 0 Å². The minimum atomic E-state index is -1.28. The van der Waals surface area contributed by atoms with Crippen molar-refractivity contribution in [1.29, 1.82) is 0 Å². The van der Waals surface area contributed by atoms with Gasteiger partial charge in [0.15, 0.2) is 0 Å². The van der Waals surface area contributed by atoms with Crippen molar-refractivity contribution in [3.63, 3.8) is 0 Å². The summed E-state index contributed by atoms with van der Waals surface area (Å²) in [5.41, 5.74) is 13.1. The Morgan fingerprint density at radius 2 is 1.31 bits per heavy atom. The van der Waals surface area contributed by atoms with Gasteiger partial charge in [0.2, 0.25) is 0 Å². The second-order valence-corrected chi connectivity index (χ2v) is 21.1. The Hall–Kier alpha value is -4.93. The molecule has 0 aliphatic rings. The third-order valence-electron chi connectivity index (χ3n) is 9.56. The van der Waals surface area contributed by atoms with E-state index in [-0.39, 0.29) is 25.5 Å². The third kappa shape index (κ3) is 8.88. The van der Waals surface area contributed by atoms with Crippen molar-refractivity contribution in [2.24, 2.45) is 5.41 Å². The number of hydrogen-bond acceptors (Lipinski definition) is 3. The summed E-state index contributed by atoms with van der Waals surface area (Å²) >= 11 is 0. The van der Waals surface area contributed by atoms with E-state index in [1.807, 2.05) is 36.7 Å². The first kappa shape index (κ1) is 38.8. The molecule has 0 saturated heterocycles. The summed E-state index contributed by atoms with van der Waals surface area (Å²) in [6.45, 7) is 15.9. The van der Waals surface area contributed by atoms with Gasteiger partial charge in [-0.2, -0.15) is 0 Å². The Morgan fingerprint density at radius 3 is 1.93 bits per heavy atom. The predicted octanol–water partition coefficient (Wildman–Crippen LogP) is 12.8. The molecule has 5 heteroatoms. The number of rotatable bonds is 6. The van der Waals surface area contributed by atoms with Crippen molar-refractivity contribution in [2.45, 2.75) is 53.8 Å². The molecule has 1 radical (unpaired) electrons. The molecule has 0 fully saturated rings. The second kappa shape index (κ2) is 16.2. The monoisotopic (exact) mass is 899 g/mol. The first-order valence-electron chi connectivity index (χ1n) is 18.4.